The largest absolute Gasteiger partial charge is 0.275 e. The van der Waals surface area contributed by atoms with Crippen LogP contribution < -0.4 is 0 Å². The summed E-state index contributed by atoms with van der Waals surface area (Å²) in [6, 6.07) is 8.13. The minimum absolute atomic E-state index is 0.508. The Morgan fingerprint density at radius 1 is 1.14 bits per heavy atom. The van der Waals surface area contributed by atoms with Gasteiger partial charge in [0.05, 0.1) is 10.0 Å². The van der Waals surface area contributed by atoms with E-state index in [0.717, 1.165) is 10.9 Å². The van der Waals surface area contributed by atoms with Crippen molar-refractivity contribution in [2.24, 2.45) is 0 Å². The molecule has 0 unspecified atom stereocenters. The van der Waals surface area contributed by atoms with E-state index in [1.54, 1.807) is 24.0 Å². The van der Waals surface area contributed by atoms with Crippen molar-refractivity contribution >= 4 is 40.6 Å². The summed E-state index contributed by atoms with van der Waals surface area (Å²) >= 11 is 13.8. The molecule has 1 aromatic carbocycles. The molecule has 21 heavy (non-hydrogen) atoms. The maximum atomic E-state index is 6.12. The molecule has 2 heterocycles. The molecule has 6 heteroatoms. The molecule has 0 spiro atoms. The van der Waals surface area contributed by atoms with Crippen molar-refractivity contribution in [2.45, 2.75) is 24.8 Å². The van der Waals surface area contributed by atoms with Gasteiger partial charge in [-0.1, -0.05) is 58.7 Å². The van der Waals surface area contributed by atoms with Gasteiger partial charge in [-0.3, -0.25) is 4.40 Å². The van der Waals surface area contributed by atoms with Crippen molar-refractivity contribution in [2.75, 3.05) is 0 Å². The number of rotatable bonds is 3. The van der Waals surface area contributed by atoms with Crippen molar-refractivity contribution in [3.05, 3.63) is 57.2 Å². The van der Waals surface area contributed by atoms with Gasteiger partial charge in [-0.15, -0.1) is 10.2 Å². The van der Waals surface area contributed by atoms with Crippen LogP contribution in [0.2, 0.25) is 10.0 Å². The first-order chi connectivity index (χ1) is 10.0. The smallest absolute Gasteiger partial charge is 0.196 e. The van der Waals surface area contributed by atoms with Gasteiger partial charge < -0.3 is 0 Å². The molecule has 2 aromatic heterocycles. The third-order valence-corrected chi connectivity index (χ3v) is 4.73. The summed E-state index contributed by atoms with van der Waals surface area (Å²) in [4.78, 5) is 0. The van der Waals surface area contributed by atoms with E-state index in [0.29, 0.717) is 15.7 Å². The number of nitrogens with zero attached hydrogens (tertiary/aromatic N) is 3. The lowest BCUT2D eigenvalue weighted by molar-refractivity contribution is 0.921. The SMILES string of the molecule is Cc1ccc(C)c(CSc2nnc3c(Cl)cc(Cl)cn23)c1. The number of halogens is 2. The molecule has 3 rings (SSSR count). The molecule has 0 saturated heterocycles. The Kier molecular flexibility index (Phi) is 4.11. The minimum atomic E-state index is 0.508. The molecule has 0 aliphatic rings. The van der Waals surface area contributed by atoms with Crippen molar-refractivity contribution in [3.63, 3.8) is 0 Å². The van der Waals surface area contributed by atoms with Crippen LogP contribution in [0.4, 0.5) is 0 Å². The van der Waals surface area contributed by atoms with E-state index in [1.807, 2.05) is 4.40 Å². The Labute approximate surface area is 137 Å². The first-order valence-electron chi connectivity index (χ1n) is 6.43. The van der Waals surface area contributed by atoms with Crippen LogP contribution in [0, 0.1) is 13.8 Å². The van der Waals surface area contributed by atoms with Gasteiger partial charge in [-0.2, -0.15) is 0 Å². The molecule has 0 radical (unpaired) electrons. The highest BCUT2D eigenvalue weighted by Gasteiger charge is 2.11. The van der Waals surface area contributed by atoms with E-state index in [2.05, 4.69) is 42.2 Å². The van der Waals surface area contributed by atoms with E-state index in [4.69, 9.17) is 23.2 Å². The number of benzene rings is 1. The number of thioether (sulfide) groups is 1. The highest BCUT2D eigenvalue weighted by molar-refractivity contribution is 7.98. The summed E-state index contributed by atoms with van der Waals surface area (Å²) in [7, 11) is 0. The van der Waals surface area contributed by atoms with Gasteiger partial charge in [0.15, 0.2) is 10.8 Å². The fourth-order valence-electron chi connectivity index (χ4n) is 2.10. The van der Waals surface area contributed by atoms with E-state index < -0.39 is 0 Å². The normalized spacial score (nSPS) is 11.2. The molecular formula is C15H13Cl2N3S. The van der Waals surface area contributed by atoms with Crippen LogP contribution in [0.15, 0.2) is 35.6 Å². The van der Waals surface area contributed by atoms with Crippen LogP contribution in [-0.2, 0) is 5.75 Å². The number of pyridine rings is 1. The Balaban J connectivity index is 1.90. The molecule has 0 aliphatic carbocycles. The zero-order valence-corrected chi connectivity index (χ0v) is 13.9. The molecule has 0 fully saturated rings. The molecule has 3 nitrogen and oxygen atoms in total. The summed E-state index contributed by atoms with van der Waals surface area (Å²) in [6.45, 7) is 4.21. The van der Waals surface area contributed by atoms with E-state index >= 15 is 0 Å². The van der Waals surface area contributed by atoms with E-state index in [-0.39, 0.29) is 0 Å². The summed E-state index contributed by atoms with van der Waals surface area (Å²) in [5.41, 5.74) is 4.46. The predicted octanol–water partition coefficient (Wildman–Crippen LogP) is 4.95. The molecule has 108 valence electrons. The Hall–Kier alpha value is -1.23. The van der Waals surface area contributed by atoms with Crippen molar-refractivity contribution in [1.29, 1.82) is 0 Å². The molecule has 3 aromatic rings. The summed E-state index contributed by atoms with van der Waals surface area (Å²) < 4.78 is 1.83. The van der Waals surface area contributed by atoms with Gasteiger partial charge in [0, 0.05) is 11.9 Å². The first-order valence-corrected chi connectivity index (χ1v) is 8.17. The molecule has 0 amide bonds. The summed E-state index contributed by atoms with van der Waals surface area (Å²) in [5, 5.41) is 10.2. The van der Waals surface area contributed by atoms with Crippen LogP contribution in [0.5, 0.6) is 0 Å². The maximum absolute atomic E-state index is 6.12. The van der Waals surface area contributed by atoms with E-state index in [1.165, 1.54) is 16.7 Å². The lowest BCUT2D eigenvalue weighted by Crippen LogP contribution is -1.91. The van der Waals surface area contributed by atoms with Gasteiger partial charge in [-0.05, 0) is 31.0 Å². The number of hydrogen-bond acceptors (Lipinski definition) is 3. The van der Waals surface area contributed by atoms with Crippen molar-refractivity contribution in [3.8, 4) is 0 Å². The Bertz CT molecular complexity index is 814. The average molecular weight is 338 g/mol. The van der Waals surface area contributed by atoms with Gasteiger partial charge in [0.1, 0.15) is 0 Å². The first kappa shape index (κ1) is 14.7. The zero-order chi connectivity index (χ0) is 15.0. The molecule has 0 N–H and O–H groups in total. The number of aromatic nitrogens is 3. The highest BCUT2D eigenvalue weighted by Crippen LogP contribution is 2.28. The van der Waals surface area contributed by atoms with Gasteiger partial charge >= 0.3 is 0 Å². The quantitative estimate of drug-likeness (QED) is 0.633. The average Bonchev–Trinajstić information content (AvgIpc) is 2.83. The van der Waals surface area contributed by atoms with Crippen LogP contribution in [0.25, 0.3) is 5.65 Å². The Morgan fingerprint density at radius 2 is 1.95 bits per heavy atom. The second kappa shape index (κ2) is 5.87. The second-order valence-electron chi connectivity index (χ2n) is 4.90. The monoisotopic (exact) mass is 337 g/mol. The number of aryl methyl sites for hydroxylation is 2. The van der Waals surface area contributed by atoms with Crippen LogP contribution >= 0.6 is 35.0 Å². The third kappa shape index (κ3) is 3.03. The van der Waals surface area contributed by atoms with E-state index in [9.17, 15) is 0 Å². The fraction of sp³-hybridized carbons (Fsp3) is 0.200. The highest BCUT2D eigenvalue weighted by atomic mass is 35.5. The molecule has 0 aliphatic heterocycles. The molecule has 0 atom stereocenters. The van der Waals surface area contributed by atoms with Gasteiger partial charge in [0.25, 0.3) is 0 Å². The number of fused-ring (bicyclic) bond motifs is 1. The predicted molar refractivity (Wildman–Crippen MR) is 88.5 cm³/mol. The summed E-state index contributed by atoms with van der Waals surface area (Å²) in [5.74, 6) is 0.832. The molecular weight excluding hydrogens is 325 g/mol. The standard InChI is InChI=1S/C15H13Cl2N3S/c1-9-3-4-10(2)11(5-9)8-21-15-19-18-14-13(17)6-12(16)7-20(14)15/h3-7H,8H2,1-2H3. The van der Waals surface area contributed by atoms with Crippen molar-refractivity contribution < 1.29 is 0 Å². The van der Waals surface area contributed by atoms with Crippen LogP contribution in [0.3, 0.4) is 0 Å². The minimum Gasteiger partial charge on any atom is -0.275 e. The lowest BCUT2D eigenvalue weighted by Gasteiger charge is -2.06. The zero-order valence-electron chi connectivity index (χ0n) is 11.6. The van der Waals surface area contributed by atoms with Gasteiger partial charge in [-0.25, -0.2) is 0 Å². The maximum Gasteiger partial charge on any atom is 0.196 e. The summed E-state index contributed by atoms with van der Waals surface area (Å²) in [6.07, 6.45) is 1.79. The third-order valence-electron chi connectivity index (χ3n) is 3.26. The fourth-order valence-corrected chi connectivity index (χ4v) is 3.58. The Morgan fingerprint density at radius 3 is 2.76 bits per heavy atom. The van der Waals surface area contributed by atoms with Crippen molar-refractivity contribution in [1.82, 2.24) is 14.6 Å². The molecule has 0 bridgehead atoms. The topological polar surface area (TPSA) is 30.2 Å². The lowest BCUT2D eigenvalue weighted by atomic mass is 10.1. The van der Waals surface area contributed by atoms with Crippen LogP contribution in [-0.4, -0.2) is 14.6 Å². The second-order valence-corrected chi connectivity index (χ2v) is 6.69. The van der Waals surface area contributed by atoms with Gasteiger partial charge in [0.2, 0.25) is 0 Å². The van der Waals surface area contributed by atoms with Crippen LogP contribution in [0.1, 0.15) is 16.7 Å². The molecule has 0 saturated carbocycles. The number of hydrogen-bond donors (Lipinski definition) is 0.